The number of amides is 1. The number of aromatic nitrogens is 1. The molecule has 0 aliphatic carbocycles. The molecule has 8 heteroatoms. The number of pyridine rings is 1. The van der Waals surface area contributed by atoms with Crippen LogP contribution in [0.15, 0.2) is 59.6 Å². The maximum absolute atomic E-state index is 13.2. The molecular weight excluding hydrogens is 404 g/mol. The highest BCUT2D eigenvalue weighted by molar-refractivity contribution is 7.90. The first-order chi connectivity index (χ1) is 14.2. The van der Waals surface area contributed by atoms with Crippen molar-refractivity contribution in [1.29, 1.82) is 0 Å². The number of carbonyl (C=O) groups is 1. The summed E-state index contributed by atoms with van der Waals surface area (Å²) in [5, 5.41) is 0.450. The Morgan fingerprint density at radius 2 is 1.93 bits per heavy atom. The van der Waals surface area contributed by atoms with Crippen LogP contribution in [0.1, 0.15) is 31.7 Å². The molecule has 0 bridgehead atoms. The number of sulfonamides is 1. The lowest BCUT2D eigenvalue weighted by molar-refractivity contribution is -0.122. The molecule has 1 N–H and O–H groups in total. The van der Waals surface area contributed by atoms with Gasteiger partial charge in [-0.15, -0.1) is 0 Å². The Balaban J connectivity index is 1.74. The zero-order valence-corrected chi connectivity index (χ0v) is 17.7. The maximum atomic E-state index is 13.2. The van der Waals surface area contributed by atoms with Gasteiger partial charge in [0.1, 0.15) is 17.1 Å². The van der Waals surface area contributed by atoms with Crippen molar-refractivity contribution in [2.75, 3.05) is 7.11 Å². The van der Waals surface area contributed by atoms with E-state index in [0.29, 0.717) is 34.4 Å². The molecule has 30 heavy (non-hydrogen) atoms. The lowest BCUT2D eigenvalue weighted by Crippen LogP contribution is -2.42. The van der Waals surface area contributed by atoms with Crippen molar-refractivity contribution in [1.82, 2.24) is 9.71 Å². The smallest absolute Gasteiger partial charge is 0.264 e. The second kappa shape index (κ2) is 7.28. The largest absolute Gasteiger partial charge is 0.496 e. The first-order valence-corrected chi connectivity index (χ1v) is 11.0. The van der Waals surface area contributed by atoms with Crippen molar-refractivity contribution in [3.05, 3.63) is 60.3 Å². The number of fused-ring (bicyclic) bond motifs is 2. The van der Waals surface area contributed by atoms with E-state index in [0.717, 1.165) is 0 Å². The Morgan fingerprint density at radius 3 is 2.70 bits per heavy atom. The molecule has 1 aromatic heterocycles. The van der Waals surface area contributed by atoms with Crippen LogP contribution < -0.4 is 14.2 Å². The fourth-order valence-electron chi connectivity index (χ4n) is 3.86. The van der Waals surface area contributed by atoms with E-state index in [1.54, 1.807) is 48.7 Å². The van der Waals surface area contributed by atoms with Gasteiger partial charge >= 0.3 is 0 Å². The second-order valence-electron chi connectivity index (χ2n) is 7.79. The summed E-state index contributed by atoms with van der Waals surface area (Å²) in [7, 11) is -2.61. The van der Waals surface area contributed by atoms with E-state index in [2.05, 4.69) is 9.71 Å². The Morgan fingerprint density at radius 1 is 1.17 bits per heavy atom. The lowest BCUT2D eigenvalue weighted by Gasteiger charge is -2.37. The topological polar surface area (TPSA) is 94.6 Å². The summed E-state index contributed by atoms with van der Waals surface area (Å²) in [6, 6.07) is 13.4. The molecule has 7 nitrogen and oxygen atoms in total. The van der Waals surface area contributed by atoms with Crippen LogP contribution in [0.2, 0.25) is 0 Å². The van der Waals surface area contributed by atoms with E-state index in [-0.39, 0.29) is 4.90 Å². The summed E-state index contributed by atoms with van der Waals surface area (Å²) in [6.07, 6.45) is 1.89. The van der Waals surface area contributed by atoms with Crippen molar-refractivity contribution in [3.63, 3.8) is 0 Å². The van der Waals surface area contributed by atoms with Gasteiger partial charge in [0.25, 0.3) is 10.0 Å². The van der Waals surface area contributed by atoms with Gasteiger partial charge in [-0.3, -0.25) is 9.78 Å². The normalized spacial score (nSPS) is 17.6. The summed E-state index contributed by atoms with van der Waals surface area (Å²) in [5.41, 5.74) is 0.438. The van der Waals surface area contributed by atoms with Gasteiger partial charge in [-0.1, -0.05) is 12.1 Å². The summed E-state index contributed by atoms with van der Waals surface area (Å²) >= 11 is 0. The van der Waals surface area contributed by atoms with Crippen LogP contribution in [0.5, 0.6) is 11.5 Å². The third kappa shape index (κ3) is 3.59. The van der Waals surface area contributed by atoms with Gasteiger partial charge in [0, 0.05) is 23.6 Å². The SMILES string of the molecule is COc1cccc2c1C(C(=O)NS(=O)(=O)c1cccc3ncccc13)CC(C)(C)O2. The van der Waals surface area contributed by atoms with Gasteiger partial charge in [0.05, 0.1) is 23.4 Å². The number of carbonyl (C=O) groups excluding carboxylic acids is 1. The van der Waals surface area contributed by atoms with Gasteiger partial charge in [0.15, 0.2) is 0 Å². The summed E-state index contributed by atoms with van der Waals surface area (Å²) in [6.45, 7) is 3.72. The summed E-state index contributed by atoms with van der Waals surface area (Å²) in [5.74, 6) is -0.381. The van der Waals surface area contributed by atoms with Crippen molar-refractivity contribution < 1.29 is 22.7 Å². The highest BCUT2D eigenvalue weighted by Gasteiger charge is 2.40. The highest BCUT2D eigenvalue weighted by Crippen LogP contribution is 2.45. The molecule has 0 fully saturated rings. The van der Waals surface area contributed by atoms with E-state index in [1.807, 2.05) is 13.8 Å². The van der Waals surface area contributed by atoms with Gasteiger partial charge in [-0.25, -0.2) is 13.1 Å². The molecule has 2 heterocycles. The van der Waals surface area contributed by atoms with Crippen LogP contribution in [0.4, 0.5) is 0 Å². The Hall–Kier alpha value is -3.13. The maximum Gasteiger partial charge on any atom is 0.264 e. The van der Waals surface area contributed by atoms with Crippen LogP contribution in [-0.2, 0) is 14.8 Å². The van der Waals surface area contributed by atoms with Crippen LogP contribution >= 0.6 is 0 Å². The zero-order chi connectivity index (χ0) is 21.5. The van der Waals surface area contributed by atoms with Crippen molar-refractivity contribution in [2.45, 2.75) is 36.7 Å². The van der Waals surface area contributed by atoms with E-state index in [1.165, 1.54) is 13.2 Å². The lowest BCUT2D eigenvalue weighted by atomic mass is 9.83. The number of nitrogens with one attached hydrogen (secondary N) is 1. The quantitative estimate of drug-likeness (QED) is 0.687. The molecule has 3 aromatic rings. The second-order valence-corrected chi connectivity index (χ2v) is 9.44. The molecule has 0 radical (unpaired) electrons. The van der Waals surface area contributed by atoms with Crippen molar-refractivity contribution >= 4 is 26.8 Å². The molecule has 0 saturated carbocycles. The Bertz CT molecular complexity index is 1230. The third-order valence-electron chi connectivity index (χ3n) is 5.12. The number of hydrogen-bond acceptors (Lipinski definition) is 6. The summed E-state index contributed by atoms with van der Waals surface area (Å²) in [4.78, 5) is 17.4. The molecule has 4 rings (SSSR count). The minimum atomic E-state index is -4.12. The fraction of sp³-hybridized carbons (Fsp3) is 0.273. The average Bonchev–Trinajstić information content (AvgIpc) is 2.71. The zero-order valence-electron chi connectivity index (χ0n) is 16.9. The molecular formula is C22H22N2O5S. The predicted octanol–water partition coefficient (Wildman–Crippen LogP) is 3.39. The highest BCUT2D eigenvalue weighted by atomic mass is 32.2. The molecule has 2 aromatic carbocycles. The molecule has 0 saturated heterocycles. The van der Waals surface area contributed by atoms with E-state index in [4.69, 9.17) is 9.47 Å². The Labute approximate surface area is 175 Å². The fourth-order valence-corrected chi connectivity index (χ4v) is 5.10. The number of nitrogens with zero attached hydrogens (tertiary/aromatic N) is 1. The number of rotatable bonds is 4. The molecule has 1 aliphatic heterocycles. The first-order valence-electron chi connectivity index (χ1n) is 9.48. The molecule has 1 atom stereocenters. The standard InChI is InChI=1S/C22H22N2O5S/c1-22(2)13-15(20-17(28-3)9-5-10-18(20)29-22)21(25)24-30(26,27)19-11-4-8-16-14(19)7-6-12-23-16/h4-12,15H,13H2,1-3H3,(H,24,25). The predicted molar refractivity (Wildman–Crippen MR) is 112 cm³/mol. The summed E-state index contributed by atoms with van der Waals surface area (Å²) < 4.78 is 39.9. The number of hydrogen-bond donors (Lipinski definition) is 1. The monoisotopic (exact) mass is 426 g/mol. The van der Waals surface area contributed by atoms with Gasteiger partial charge in [-0.05, 0) is 50.2 Å². The van der Waals surface area contributed by atoms with Crippen LogP contribution in [0, 0.1) is 0 Å². The van der Waals surface area contributed by atoms with Crippen molar-refractivity contribution in [3.8, 4) is 11.5 Å². The molecule has 0 spiro atoms. The average molecular weight is 426 g/mol. The van der Waals surface area contributed by atoms with Crippen LogP contribution in [0.25, 0.3) is 10.9 Å². The molecule has 156 valence electrons. The third-order valence-corrected chi connectivity index (χ3v) is 6.53. The van der Waals surface area contributed by atoms with Crippen molar-refractivity contribution in [2.24, 2.45) is 0 Å². The number of ether oxygens (including phenoxy) is 2. The minimum absolute atomic E-state index is 0.00743. The molecule has 1 unspecified atom stereocenters. The number of benzene rings is 2. The van der Waals surface area contributed by atoms with E-state index >= 15 is 0 Å². The Kier molecular flexibility index (Phi) is 4.89. The van der Waals surface area contributed by atoms with Gasteiger partial charge in [0.2, 0.25) is 5.91 Å². The van der Waals surface area contributed by atoms with Gasteiger partial charge < -0.3 is 9.47 Å². The molecule has 1 aliphatic rings. The van der Waals surface area contributed by atoms with E-state index < -0.39 is 27.4 Å². The number of methoxy groups -OCH3 is 1. The van der Waals surface area contributed by atoms with Crippen LogP contribution in [0.3, 0.4) is 0 Å². The minimum Gasteiger partial charge on any atom is -0.496 e. The molecule has 1 amide bonds. The van der Waals surface area contributed by atoms with Crippen LogP contribution in [-0.4, -0.2) is 32.0 Å². The first kappa shape index (κ1) is 20.2. The van der Waals surface area contributed by atoms with Gasteiger partial charge in [-0.2, -0.15) is 0 Å². The van der Waals surface area contributed by atoms with E-state index in [9.17, 15) is 13.2 Å².